The predicted molar refractivity (Wildman–Crippen MR) is 88.4 cm³/mol. The molecule has 3 rings (SSSR count). The second-order valence-corrected chi connectivity index (χ2v) is 6.53. The van der Waals surface area contributed by atoms with Gasteiger partial charge < -0.3 is 15.4 Å². The average molecular weight is 302 g/mol. The summed E-state index contributed by atoms with van der Waals surface area (Å²) in [6, 6.07) is 6.10. The lowest BCUT2D eigenvalue weighted by atomic mass is 9.83. The quantitative estimate of drug-likeness (QED) is 0.879. The highest BCUT2D eigenvalue weighted by atomic mass is 16.5. The van der Waals surface area contributed by atoms with E-state index in [9.17, 15) is 4.79 Å². The monoisotopic (exact) mass is 302 g/mol. The van der Waals surface area contributed by atoms with Gasteiger partial charge in [0.25, 0.3) is 0 Å². The van der Waals surface area contributed by atoms with E-state index in [-0.39, 0.29) is 6.03 Å². The van der Waals surface area contributed by atoms with Gasteiger partial charge in [0.15, 0.2) is 0 Å². The van der Waals surface area contributed by atoms with Crippen LogP contribution in [-0.4, -0.2) is 18.7 Å². The third kappa shape index (κ3) is 3.73. The molecule has 1 aliphatic carbocycles. The fourth-order valence-electron chi connectivity index (χ4n) is 3.62. The molecule has 2 amide bonds. The zero-order valence-electron chi connectivity index (χ0n) is 13.4. The molecule has 0 atom stereocenters. The average Bonchev–Trinajstić information content (AvgIpc) is 2.97. The Hall–Kier alpha value is -1.71. The molecule has 0 spiro atoms. The maximum Gasteiger partial charge on any atom is 0.319 e. The van der Waals surface area contributed by atoms with Gasteiger partial charge in [0.05, 0.1) is 6.61 Å². The van der Waals surface area contributed by atoms with Crippen molar-refractivity contribution in [2.75, 3.05) is 11.9 Å². The summed E-state index contributed by atoms with van der Waals surface area (Å²) in [6.07, 6.45) is 8.23. The van der Waals surface area contributed by atoms with Crippen LogP contribution < -0.4 is 15.4 Å². The van der Waals surface area contributed by atoms with Crippen LogP contribution in [0.15, 0.2) is 18.2 Å². The number of fused-ring (bicyclic) bond motifs is 1. The van der Waals surface area contributed by atoms with E-state index < -0.39 is 0 Å². The minimum atomic E-state index is -0.0854. The molecule has 1 aliphatic heterocycles. The van der Waals surface area contributed by atoms with E-state index >= 15 is 0 Å². The normalized spacial score (nSPS) is 23.5. The summed E-state index contributed by atoms with van der Waals surface area (Å²) < 4.78 is 5.48. The Bertz CT molecular complexity index is 522. The molecule has 1 aromatic carbocycles. The molecule has 0 unspecified atom stereocenters. The highest BCUT2D eigenvalue weighted by Gasteiger charge is 2.22. The van der Waals surface area contributed by atoms with E-state index in [1.165, 1.54) is 31.2 Å². The molecule has 1 heterocycles. The summed E-state index contributed by atoms with van der Waals surface area (Å²) in [7, 11) is 0. The van der Waals surface area contributed by atoms with Crippen molar-refractivity contribution in [1.82, 2.24) is 5.32 Å². The van der Waals surface area contributed by atoms with Gasteiger partial charge in [0.2, 0.25) is 0 Å². The number of urea groups is 1. The standard InChI is InChI=1S/C18H26N2O2/c1-2-3-13-4-6-15(7-5-13)19-18(21)20-16-8-9-17-14(12-16)10-11-22-17/h8-9,12-13,15H,2-7,10-11H2,1H3,(H2,19,20,21). The van der Waals surface area contributed by atoms with Crippen LogP contribution in [0, 0.1) is 5.92 Å². The molecule has 0 aromatic heterocycles. The van der Waals surface area contributed by atoms with Gasteiger partial charge in [-0.1, -0.05) is 19.8 Å². The number of hydrogen-bond donors (Lipinski definition) is 2. The molecule has 22 heavy (non-hydrogen) atoms. The Morgan fingerprint density at radius 1 is 1.27 bits per heavy atom. The Morgan fingerprint density at radius 2 is 2.09 bits per heavy atom. The first-order chi connectivity index (χ1) is 10.7. The number of rotatable bonds is 4. The van der Waals surface area contributed by atoms with E-state index in [4.69, 9.17) is 4.74 Å². The fraction of sp³-hybridized carbons (Fsp3) is 0.611. The van der Waals surface area contributed by atoms with Gasteiger partial charge in [0.1, 0.15) is 5.75 Å². The van der Waals surface area contributed by atoms with Crippen molar-refractivity contribution in [3.8, 4) is 5.75 Å². The van der Waals surface area contributed by atoms with Gasteiger partial charge in [-0.15, -0.1) is 0 Å². The lowest BCUT2D eigenvalue weighted by Gasteiger charge is -2.29. The molecule has 0 radical (unpaired) electrons. The van der Waals surface area contributed by atoms with Crippen molar-refractivity contribution >= 4 is 11.7 Å². The van der Waals surface area contributed by atoms with E-state index in [0.717, 1.165) is 43.2 Å². The van der Waals surface area contributed by atoms with Crippen molar-refractivity contribution in [1.29, 1.82) is 0 Å². The molecule has 0 saturated heterocycles. The number of ether oxygens (including phenoxy) is 1. The number of nitrogens with one attached hydrogen (secondary N) is 2. The van der Waals surface area contributed by atoms with E-state index in [0.29, 0.717) is 6.04 Å². The first-order valence-corrected chi connectivity index (χ1v) is 8.58. The SMILES string of the molecule is CCCC1CCC(NC(=O)Nc2ccc3c(c2)CCO3)CC1. The van der Waals surface area contributed by atoms with E-state index in [1.54, 1.807) is 0 Å². The lowest BCUT2D eigenvalue weighted by Crippen LogP contribution is -2.40. The molecule has 2 N–H and O–H groups in total. The summed E-state index contributed by atoms with van der Waals surface area (Å²) in [6.45, 7) is 2.99. The molecule has 1 aromatic rings. The first kappa shape index (κ1) is 15.2. The molecule has 120 valence electrons. The van der Waals surface area contributed by atoms with Gasteiger partial charge in [-0.2, -0.15) is 0 Å². The molecule has 4 nitrogen and oxygen atoms in total. The van der Waals surface area contributed by atoms with Crippen molar-refractivity contribution in [3.63, 3.8) is 0 Å². The lowest BCUT2D eigenvalue weighted by molar-refractivity contribution is 0.236. The molecular weight excluding hydrogens is 276 g/mol. The number of hydrogen-bond acceptors (Lipinski definition) is 2. The second-order valence-electron chi connectivity index (χ2n) is 6.53. The van der Waals surface area contributed by atoms with Gasteiger partial charge in [-0.3, -0.25) is 0 Å². The van der Waals surface area contributed by atoms with Crippen molar-refractivity contribution in [2.24, 2.45) is 5.92 Å². The Labute approximate surface area is 132 Å². The maximum absolute atomic E-state index is 12.1. The van der Waals surface area contributed by atoms with E-state index in [2.05, 4.69) is 17.6 Å². The fourth-order valence-corrected chi connectivity index (χ4v) is 3.62. The summed E-state index contributed by atoms with van der Waals surface area (Å²) in [5, 5.41) is 6.07. The number of carbonyl (C=O) groups excluding carboxylic acids is 1. The molecule has 4 heteroatoms. The first-order valence-electron chi connectivity index (χ1n) is 8.58. The molecule has 2 aliphatic rings. The smallest absolute Gasteiger partial charge is 0.319 e. The Kier molecular flexibility index (Phi) is 4.86. The number of amides is 2. The molecule has 1 saturated carbocycles. The summed E-state index contributed by atoms with van der Waals surface area (Å²) in [5.74, 6) is 1.81. The second kappa shape index (κ2) is 7.03. The van der Waals surface area contributed by atoms with Crippen LogP contribution in [0.3, 0.4) is 0 Å². The highest BCUT2D eigenvalue weighted by Crippen LogP contribution is 2.29. The van der Waals surface area contributed by atoms with E-state index in [1.807, 2.05) is 18.2 Å². The van der Waals surface area contributed by atoms with Crippen molar-refractivity contribution in [3.05, 3.63) is 23.8 Å². The molecule has 0 bridgehead atoms. The van der Waals surface area contributed by atoms with Crippen LogP contribution in [0.5, 0.6) is 5.75 Å². The van der Waals surface area contributed by atoms with Crippen molar-refractivity contribution < 1.29 is 9.53 Å². The predicted octanol–water partition coefficient (Wildman–Crippen LogP) is 4.10. The Balaban J connectivity index is 1.47. The summed E-state index contributed by atoms with van der Waals surface area (Å²) >= 11 is 0. The number of carbonyl (C=O) groups is 1. The number of benzene rings is 1. The number of anilines is 1. The summed E-state index contributed by atoms with van der Waals surface area (Å²) in [5.41, 5.74) is 2.03. The minimum Gasteiger partial charge on any atom is -0.493 e. The molecular formula is C18H26N2O2. The van der Waals surface area contributed by atoms with Crippen molar-refractivity contribution in [2.45, 2.75) is 57.9 Å². The van der Waals surface area contributed by atoms with Gasteiger partial charge in [-0.25, -0.2) is 4.79 Å². The molecule has 1 fully saturated rings. The zero-order valence-corrected chi connectivity index (χ0v) is 13.4. The van der Waals surface area contributed by atoms with Crippen LogP contribution in [-0.2, 0) is 6.42 Å². The third-order valence-electron chi connectivity index (χ3n) is 4.83. The summed E-state index contributed by atoms with van der Waals surface area (Å²) in [4.78, 5) is 12.1. The van der Waals surface area contributed by atoms with Gasteiger partial charge in [0, 0.05) is 18.2 Å². The largest absolute Gasteiger partial charge is 0.493 e. The highest BCUT2D eigenvalue weighted by molar-refractivity contribution is 5.89. The third-order valence-corrected chi connectivity index (χ3v) is 4.83. The topological polar surface area (TPSA) is 50.4 Å². The van der Waals surface area contributed by atoms with Crippen LogP contribution in [0.4, 0.5) is 10.5 Å². The van der Waals surface area contributed by atoms with Crippen LogP contribution in [0.1, 0.15) is 51.0 Å². The van der Waals surface area contributed by atoms with Crippen LogP contribution in [0.25, 0.3) is 0 Å². The van der Waals surface area contributed by atoms with Gasteiger partial charge in [-0.05, 0) is 55.4 Å². The Morgan fingerprint density at radius 3 is 2.86 bits per heavy atom. The maximum atomic E-state index is 12.1. The minimum absolute atomic E-state index is 0.0854. The zero-order chi connectivity index (χ0) is 15.4. The van der Waals surface area contributed by atoms with Gasteiger partial charge >= 0.3 is 6.03 Å². The van der Waals surface area contributed by atoms with Crippen LogP contribution in [0.2, 0.25) is 0 Å². The van der Waals surface area contributed by atoms with Crippen LogP contribution >= 0.6 is 0 Å².